The first-order valence-corrected chi connectivity index (χ1v) is 9.72. The van der Waals surface area contributed by atoms with Gasteiger partial charge in [0.15, 0.2) is 0 Å². The zero-order valence-electron chi connectivity index (χ0n) is 17.1. The Morgan fingerprint density at radius 1 is 0.893 bits per heavy atom. The number of hydrogen-bond acceptors (Lipinski definition) is 3. The standard InChI is InChI=1S/C24H30N2O2/c1-20-7-4-5-8-22(20)18-26-14-6-9-23(26)19-25(15-16-27-2)17-21-10-12-24(28-3)13-11-21/h4-14H,15-19H2,1-3H3. The summed E-state index contributed by atoms with van der Waals surface area (Å²) in [5.74, 6) is 0.888. The SMILES string of the molecule is COCCN(Cc1ccc(OC)cc1)Cc1cccn1Cc1ccccc1C. The first kappa shape index (κ1) is 20.2. The van der Waals surface area contributed by atoms with E-state index in [1.165, 1.54) is 22.4 Å². The Bertz CT molecular complexity index is 855. The molecule has 0 saturated heterocycles. The first-order chi connectivity index (χ1) is 13.7. The number of nitrogens with zero attached hydrogens (tertiary/aromatic N) is 2. The minimum Gasteiger partial charge on any atom is -0.497 e. The van der Waals surface area contributed by atoms with Crippen molar-refractivity contribution < 1.29 is 9.47 Å². The number of benzene rings is 2. The number of methoxy groups -OCH3 is 2. The van der Waals surface area contributed by atoms with Gasteiger partial charge in [-0.05, 0) is 47.9 Å². The molecule has 4 heteroatoms. The van der Waals surface area contributed by atoms with E-state index in [1.807, 2.05) is 12.1 Å². The average molecular weight is 379 g/mol. The van der Waals surface area contributed by atoms with Gasteiger partial charge in [0.1, 0.15) is 5.75 Å². The third kappa shape index (κ3) is 5.47. The van der Waals surface area contributed by atoms with Crippen molar-refractivity contribution in [2.45, 2.75) is 26.6 Å². The van der Waals surface area contributed by atoms with Crippen molar-refractivity contribution in [1.82, 2.24) is 9.47 Å². The minimum atomic E-state index is 0.717. The van der Waals surface area contributed by atoms with E-state index in [1.54, 1.807) is 14.2 Å². The molecule has 0 aliphatic carbocycles. The Kier molecular flexibility index (Phi) is 7.29. The number of hydrogen-bond donors (Lipinski definition) is 0. The molecule has 0 N–H and O–H groups in total. The second kappa shape index (κ2) is 10.1. The van der Waals surface area contributed by atoms with Gasteiger partial charge in [-0.1, -0.05) is 36.4 Å². The van der Waals surface area contributed by atoms with E-state index in [9.17, 15) is 0 Å². The summed E-state index contributed by atoms with van der Waals surface area (Å²) in [5, 5.41) is 0. The molecule has 0 radical (unpaired) electrons. The summed E-state index contributed by atoms with van der Waals surface area (Å²) in [6.45, 7) is 6.44. The summed E-state index contributed by atoms with van der Waals surface area (Å²) in [7, 11) is 3.45. The van der Waals surface area contributed by atoms with Crippen LogP contribution >= 0.6 is 0 Å². The fourth-order valence-electron chi connectivity index (χ4n) is 3.37. The monoisotopic (exact) mass is 378 g/mol. The van der Waals surface area contributed by atoms with E-state index in [0.717, 1.165) is 31.9 Å². The van der Waals surface area contributed by atoms with Gasteiger partial charge in [-0.3, -0.25) is 4.90 Å². The predicted molar refractivity (Wildman–Crippen MR) is 114 cm³/mol. The van der Waals surface area contributed by atoms with Crippen LogP contribution < -0.4 is 4.74 Å². The summed E-state index contributed by atoms with van der Waals surface area (Å²) in [4.78, 5) is 2.43. The summed E-state index contributed by atoms with van der Waals surface area (Å²) >= 11 is 0. The Hall–Kier alpha value is -2.56. The largest absolute Gasteiger partial charge is 0.497 e. The number of aryl methyl sites for hydroxylation is 1. The van der Waals surface area contributed by atoms with Crippen molar-refractivity contribution in [3.05, 3.63) is 89.2 Å². The molecule has 0 aliphatic heterocycles. The highest BCUT2D eigenvalue weighted by atomic mass is 16.5. The molecule has 1 aromatic heterocycles. The average Bonchev–Trinajstić information content (AvgIpc) is 3.15. The highest BCUT2D eigenvalue weighted by molar-refractivity contribution is 5.28. The van der Waals surface area contributed by atoms with Crippen LogP contribution in [0.5, 0.6) is 5.75 Å². The lowest BCUT2D eigenvalue weighted by Crippen LogP contribution is -2.27. The minimum absolute atomic E-state index is 0.717. The van der Waals surface area contributed by atoms with Gasteiger partial charge in [0.05, 0.1) is 13.7 Å². The summed E-state index contributed by atoms with van der Waals surface area (Å²) in [5.41, 5.74) is 5.27. The second-order valence-electron chi connectivity index (χ2n) is 7.11. The highest BCUT2D eigenvalue weighted by Gasteiger charge is 2.11. The predicted octanol–water partition coefficient (Wildman–Crippen LogP) is 4.50. The molecule has 148 valence electrons. The van der Waals surface area contributed by atoms with E-state index >= 15 is 0 Å². The quantitative estimate of drug-likeness (QED) is 0.520. The molecule has 0 atom stereocenters. The van der Waals surface area contributed by atoms with Gasteiger partial charge in [-0.2, -0.15) is 0 Å². The van der Waals surface area contributed by atoms with Crippen molar-refractivity contribution in [3.63, 3.8) is 0 Å². The van der Waals surface area contributed by atoms with Crippen molar-refractivity contribution in [1.29, 1.82) is 0 Å². The number of aromatic nitrogens is 1. The van der Waals surface area contributed by atoms with Crippen LogP contribution in [0, 0.1) is 6.92 Å². The van der Waals surface area contributed by atoms with Gasteiger partial charge in [-0.25, -0.2) is 0 Å². The second-order valence-corrected chi connectivity index (χ2v) is 7.11. The Labute approximate surface area is 168 Å². The maximum absolute atomic E-state index is 5.34. The van der Waals surface area contributed by atoms with Crippen molar-refractivity contribution in [2.24, 2.45) is 0 Å². The van der Waals surface area contributed by atoms with Crippen LogP contribution in [0.4, 0.5) is 0 Å². The molecule has 0 saturated carbocycles. The summed E-state index contributed by atoms with van der Waals surface area (Å²) in [6.07, 6.45) is 2.17. The zero-order valence-corrected chi connectivity index (χ0v) is 17.1. The normalized spacial score (nSPS) is 11.1. The smallest absolute Gasteiger partial charge is 0.118 e. The third-order valence-corrected chi connectivity index (χ3v) is 5.09. The summed E-state index contributed by atoms with van der Waals surface area (Å²) in [6, 6.07) is 21.2. The van der Waals surface area contributed by atoms with Crippen molar-refractivity contribution in [2.75, 3.05) is 27.4 Å². The topological polar surface area (TPSA) is 26.6 Å². The fourth-order valence-corrected chi connectivity index (χ4v) is 3.37. The van der Waals surface area contributed by atoms with Crippen LogP contribution in [0.2, 0.25) is 0 Å². The molecule has 1 heterocycles. The van der Waals surface area contributed by atoms with Gasteiger partial charge in [-0.15, -0.1) is 0 Å². The Morgan fingerprint density at radius 2 is 1.68 bits per heavy atom. The zero-order chi connectivity index (χ0) is 19.8. The molecular weight excluding hydrogens is 348 g/mol. The van der Waals surface area contributed by atoms with E-state index in [-0.39, 0.29) is 0 Å². The summed E-state index contributed by atoms with van der Waals surface area (Å²) < 4.78 is 13.0. The third-order valence-electron chi connectivity index (χ3n) is 5.09. The van der Waals surface area contributed by atoms with Gasteiger partial charge < -0.3 is 14.0 Å². The lowest BCUT2D eigenvalue weighted by Gasteiger charge is -2.23. The molecule has 0 amide bonds. The lowest BCUT2D eigenvalue weighted by molar-refractivity contribution is 0.138. The maximum atomic E-state index is 5.34. The van der Waals surface area contributed by atoms with E-state index in [2.05, 4.69) is 71.1 Å². The maximum Gasteiger partial charge on any atom is 0.118 e. The van der Waals surface area contributed by atoms with Gasteiger partial charge in [0.25, 0.3) is 0 Å². The van der Waals surface area contributed by atoms with Crippen LogP contribution in [-0.2, 0) is 24.4 Å². The first-order valence-electron chi connectivity index (χ1n) is 9.72. The van der Waals surface area contributed by atoms with E-state index in [0.29, 0.717) is 6.61 Å². The Morgan fingerprint density at radius 3 is 2.39 bits per heavy atom. The highest BCUT2D eigenvalue weighted by Crippen LogP contribution is 2.17. The molecule has 0 fully saturated rings. The van der Waals surface area contributed by atoms with Gasteiger partial charge >= 0.3 is 0 Å². The number of rotatable bonds is 10. The van der Waals surface area contributed by atoms with Gasteiger partial charge in [0.2, 0.25) is 0 Å². The molecule has 28 heavy (non-hydrogen) atoms. The molecule has 0 aliphatic rings. The molecule has 3 rings (SSSR count). The molecule has 2 aromatic carbocycles. The molecule has 0 spiro atoms. The molecule has 4 nitrogen and oxygen atoms in total. The molecule has 3 aromatic rings. The Balaban J connectivity index is 1.72. The van der Waals surface area contributed by atoms with Crippen molar-refractivity contribution >= 4 is 0 Å². The lowest BCUT2D eigenvalue weighted by atomic mass is 10.1. The van der Waals surface area contributed by atoms with E-state index in [4.69, 9.17) is 9.47 Å². The van der Waals surface area contributed by atoms with Crippen LogP contribution in [0.15, 0.2) is 66.9 Å². The van der Waals surface area contributed by atoms with Crippen LogP contribution in [0.1, 0.15) is 22.4 Å². The molecular formula is C24H30N2O2. The number of ether oxygens (including phenoxy) is 2. The van der Waals surface area contributed by atoms with Crippen LogP contribution in [0.3, 0.4) is 0 Å². The molecule has 0 unspecified atom stereocenters. The van der Waals surface area contributed by atoms with Gasteiger partial charge in [0, 0.05) is 45.2 Å². The fraction of sp³-hybridized carbons (Fsp3) is 0.333. The van der Waals surface area contributed by atoms with Crippen molar-refractivity contribution in [3.8, 4) is 5.75 Å². The van der Waals surface area contributed by atoms with E-state index < -0.39 is 0 Å². The molecule has 0 bridgehead atoms. The van der Waals surface area contributed by atoms with Crippen LogP contribution in [-0.4, -0.2) is 36.8 Å². The van der Waals surface area contributed by atoms with Crippen LogP contribution in [0.25, 0.3) is 0 Å².